The quantitative estimate of drug-likeness (QED) is 0.628. The second kappa shape index (κ2) is 8.55. The monoisotopic (exact) mass is 388 g/mol. The smallest absolute Gasteiger partial charge is 0.419 e. The summed E-state index contributed by atoms with van der Waals surface area (Å²) in [6.45, 7) is 0.0402. The molecule has 0 aliphatic carbocycles. The SMILES string of the molecule is O=C(COC(=O)CCn1c(=O)oc2ccccc21)NCc1ccc(Cl)cc1. The maximum atomic E-state index is 11.8. The van der Waals surface area contributed by atoms with Crippen molar-refractivity contribution in [1.29, 1.82) is 0 Å². The molecule has 0 atom stereocenters. The van der Waals surface area contributed by atoms with Crippen LogP contribution in [0.2, 0.25) is 5.02 Å². The zero-order valence-electron chi connectivity index (χ0n) is 14.3. The van der Waals surface area contributed by atoms with Crippen molar-refractivity contribution < 1.29 is 18.7 Å². The van der Waals surface area contributed by atoms with Crippen LogP contribution in [0.15, 0.2) is 57.7 Å². The highest BCUT2D eigenvalue weighted by molar-refractivity contribution is 6.30. The molecule has 3 aromatic rings. The molecule has 0 saturated heterocycles. The van der Waals surface area contributed by atoms with Crippen molar-refractivity contribution in [1.82, 2.24) is 9.88 Å². The molecule has 8 heteroatoms. The lowest BCUT2D eigenvalue weighted by Crippen LogP contribution is -2.28. The van der Waals surface area contributed by atoms with Crippen LogP contribution in [0.25, 0.3) is 11.1 Å². The molecule has 1 heterocycles. The second-order valence-corrected chi connectivity index (χ2v) is 6.24. The van der Waals surface area contributed by atoms with E-state index in [0.717, 1.165) is 5.56 Å². The Kier molecular flexibility index (Phi) is 5.93. The summed E-state index contributed by atoms with van der Waals surface area (Å²) in [5, 5.41) is 3.26. The molecular weight excluding hydrogens is 372 g/mol. The second-order valence-electron chi connectivity index (χ2n) is 5.80. The first-order valence-corrected chi connectivity index (χ1v) is 8.66. The number of halogens is 1. The molecule has 1 aromatic heterocycles. The van der Waals surface area contributed by atoms with Gasteiger partial charge in [0.1, 0.15) is 0 Å². The van der Waals surface area contributed by atoms with Crippen molar-refractivity contribution in [3.8, 4) is 0 Å². The number of hydrogen-bond donors (Lipinski definition) is 1. The molecule has 0 bridgehead atoms. The molecular formula is C19H17ClN2O5. The van der Waals surface area contributed by atoms with Crippen LogP contribution >= 0.6 is 11.6 Å². The van der Waals surface area contributed by atoms with Crippen molar-refractivity contribution in [2.45, 2.75) is 19.5 Å². The topological polar surface area (TPSA) is 90.5 Å². The minimum absolute atomic E-state index is 0.0477. The lowest BCUT2D eigenvalue weighted by Gasteiger charge is -2.07. The van der Waals surface area contributed by atoms with Crippen molar-refractivity contribution in [2.75, 3.05) is 6.61 Å². The number of aryl methyl sites for hydroxylation is 1. The maximum Gasteiger partial charge on any atom is 0.419 e. The van der Waals surface area contributed by atoms with Gasteiger partial charge in [-0.05, 0) is 29.8 Å². The van der Waals surface area contributed by atoms with Gasteiger partial charge in [-0.3, -0.25) is 14.2 Å². The number of oxazole rings is 1. The summed E-state index contributed by atoms with van der Waals surface area (Å²) >= 11 is 5.80. The van der Waals surface area contributed by atoms with E-state index in [0.29, 0.717) is 22.7 Å². The van der Waals surface area contributed by atoms with E-state index in [4.69, 9.17) is 20.8 Å². The predicted octanol–water partition coefficient (Wildman–Crippen LogP) is 2.50. The summed E-state index contributed by atoms with van der Waals surface area (Å²) in [6.07, 6.45) is -0.0477. The minimum atomic E-state index is -0.575. The summed E-state index contributed by atoms with van der Waals surface area (Å²) in [7, 11) is 0. The highest BCUT2D eigenvalue weighted by Crippen LogP contribution is 2.12. The fourth-order valence-corrected chi connectivity index (χ4v) is 2.63. The van der Waals surface area contributed by atoms with Gasteiger partial charge in [0.15, 0.2) is 12.2 Å². The number of para-hydroxylation sites is 2. The van der Waals surface area contributed by atoms with Crippen LogP contribution in [0.5, 0.6) is 0 Å². The number of aromatic nitrogens is 1. The highest BCUT2D eigenvalue weighted by Gasteiger charge is 2.12. The number of carbonyl (C=O) groups is 2. The maximum absolute atomic E-state index is 11.8. The standard InChI is InChI=1S/C19H17ClN2O5/c20-14-7-5-13(6-8-14)11-21-17(23)12-26-18(24)9-10-22-15-3-1-2-4-16(15)27-19(22)25/h1-8H,9-12H2,(H,21,23). The fourth-order valence-electron chi connectivity index (χ4n) is 2.50. The Morgan fingerprint density at radius 2 is 1.85 bits per heavy atom. The van der Waals surface area contributed by atoms with E-state index in [9.17, 15) is 14.4 Å². The molecule has 0 spiro atoms. The zero-order chi connectivity index (χ0) is 19.2. The Bertz CT molecular complexity index is 1010. The van der Waals surface area contributed by atoms with Crippen LogP contribution in [-0.2, 0) is 27.4 Å². The van der Waals surface area contributed by atoms with E-state index in [1.165, 1.54) is 4.57 Å². The fraction of sp³-hybridized carbons (Fsp3) is 0.211. The third kappa shape index (κ3) is 4.98. The van der Waals surface area contributed by atoms with Gasteiger partial charge >= 0.3 is 11.7 Å². The van der Waals surface area contributed by atoms with Gasteiger partial charge in [0.2, 0.25) is 0 Å². The number of nitrogens with one attached hydrogen (secondary N) is 1. The highest BCUT2D eigenvalue weighted by atomic mass is 35.5. The molecule has 0 fully saturated rings. The van der Waals surface area contributed by atoms with Crippen molar-refractivity contribution in [3.63, 3.8) is 0 Å². The van der Waals surface area contributed by atoms with Gasteiger partial charge in [0.25, 0.3) is 5.91 Å². The normalized spacial score (nSPS) is 10.7. The molecule has 1 N–H and O–H groups in total. The number of nitrogens with zero attached hydrogens (tertiary/aromatic N) is 1. The zero-order valence-corrected chi connectivity index (χ0v) is 15.1. The largest absolute Gasteiger partial charge is 0.456 e. The van der Waals surface area contributed by atoms with Crippen molar-refractivity contribution in [3.05, 3.63) is 69.7 Å². The number of amides is 1. The van der Waals surface area contributed by atoms with Crippen LogP contribution in [0.3, 0.4) is 0 Å². The number of carbonyl (C=O) groups excluding carboxylic acids is 2. The number of fused-ring (bicyclic) bond motifs is 1. The first kappa shape index (κ1) is 18.7. The summed E-state index contributed by atoms with van der Waals surface area (Å²) in [6, 6.07) is 14.0. The molecule has 2 aromatic carbocycles. The molecule has 140 valence electrons. The molecule has 27 heavy (non-hydrogen) atoms. The van der Waals surface area contributed by atoms with E-state index >= 15 is 0 Å². The Morgan fingerprint density at radius 3 is 2.63 bits per heavy atom. The average molecular weight is 389 g/mol. The van der Waals surface area contributed by atoms with E-state index in [2.05, 4.69) is 5.32 Å². The van der Waals surface area contributed by atoms with Crippen LogP contribution in [0.4, 0.5) is 0 Å². The lowest BCUT2D eigenvalue weighted by atomic mass is 10.2. The molecule has 0 aliphatic heterocycles. The molecule has 3 rings (SSSR count). The van der Waals surface area contributed by atoms with Gasteiger partial charge < -0.3 is 14.5 Å². The molecule has 0 radical (unpaired) electrons. The summed E-state index contributed by atoms with van der Waals surface area (Å²) in [5.74, 6) is -1.53. The summed E-state index contributed by atoms with van der Waals surface area (Å²) < 4.78 is 11.4. The Labute approximate surface area is 159 Å². The van der Waals surface area contributed by atoms with Gasteiger partial charge in [-0.2, -0.15) is 0 Å². The van der Waals surface area contributed by atoms with Crippen LogP contribution in [-0.4, -0.2) is 23.1 Å². The first-order valence-electron chi connectivity index (χ1n) is 8.28. The Hall–Kier alpha value is -3.06. The van der Waals surface area contributed by atoms with Gasteiger partial charge in [-0.1, -0.05) is 35.9 Å². The third-order valence-electron chi connectivity index (χ3n) is 3.88. The van der Waals surface area contributed by atoms with Crippen LogP contribution in [0, 0.1) is 0 Å². The predicted molar refractivity (Wildman–Crippen MR) is 99.3 cm³/mol. The van der Waals surface area contributed by atoms with E-state index in [-0.39, 0.29) is 19.6 Å². The van der Waals surface area contributed by atoms with Crippen molar-refractivity contribution in [2.24, 2.45) is 0 Å². The summed E-state index contributed by atoms with van der Waals surface area (Å²) in [4.78, 5) is 35.4. The lowest BCUT2D eigenvalue weighted by molar-refractivity contribution is -0.148. The number of benzene rings is 2. The first-order chi connectivity index (χ1) is 13.0. The molecule has 1 amide bonds. The van der Waals surface area contributed by atoms with Crippen LogP contribution in [0.1, 0.15) is 12.0 Å². The van der Waals surface area contributed by atoms with Crippen LogP contribution < -0.4 is 11.1 Å². The molecule has 7 nitrogen and oxygen atoms in total. The van der Waals surface area contributed by atoms with E-state index < -0.39 is 17.6 Å². The molecule has 0 unspecified atom stereocenters. The number of rotatable bonds is 7. The summed E-state index contributed by atoms with van der Waals surface area (Å²) in [5.41, 5.74) is 1.94. The average Bonchev–Trinajstić information content (AvgIpc) is 2.99. The Balaban J connectivity index is 1.44. The van der Waals surface area contributed by atoms with E-state index in [1.807, 2.05) is 0 Å². The van der Waals surface area contributed by atoms with Crippen molar-refractivity contribution >= 4 is 34.6 Å². The Morgan fingerprint density at radius 1 is 1.11 bits per heavy atom. The third-order valence-corrected chi connectivity index (χ3v) is 4.13. The number of ether oxygens (including phenoxy) is 1. The van der Waals surface area contributed by atoms with Gasteiger partial charge in [0, 0.05) is 18.1 Å². The number of esters is 1. The number of hydrogen-bond acceptors (Lipinski definition) is 5. The minimum Gasteiger partial charge on any atom is -0.456 e. The van der Waals surface area contributed by atoms with E-state index in [1.54, 1.807) is 48.5 Å². The van der Waals surface area contributed by atoms with Gasteiger partial charge in [-0.15, -0.1) is 0 Å². The van der Waals surface area contributed by atoms with Gasteiger partial charge in [-0.25, -0.2) is 4.79 Å². The van der Waals surface area contributed by atoms with Gasteiger partial charge in [0.05, 0.1) is 11.9 Å². The molecule has 0 saturated carbocycles. The molecule has 0 aliphatic rings.